The zero-order chi connectivity index (χ0) is 13.0. The molecule has 0 bridgehead atoms. The van der Waals surface area contributed by atoms with Crippen LogP contribution in [0.4, 0.5) is 5.82 Å². The second kappa shape index (κ2) is 5.35. The van der Waals surface area contributed by atoms with Crippen molar-refractivity contribution in [2.24, 2.45) is 5.16 Å². The largest absolute Gasteiger partial charge is 0.409 e. The SMILES string of the molecule is Cc1cc(N)n(/C(CCc2ccccc2)=N\O)n1. The molecule has 5 heteroatoms. The van der Waals surface area contributed by atoms with E-state index in [-0.39, 0.29) is 0 Å². The van der Waals surface area contributed by atoms with Gasteiger partial charge in [0.25, 0.3) is 0 Å². The van der Waals surface area contributed by atoms with Crippen molar-refractivity contribution in [3.05, 3.63) is 47.7 Å². The lowest BCUT2D eigenvalue weighted by molar-refractivity contribution is 0.314. The fourth-order valence-corrected chi connectivity index (χ4v) is 1.83. The molecule has 94 valence electrons. The van der Waals surface area contributed by atoms with Crippen molar-refractivity contribution in [1.82, 2.24) is 9.78 Å². The van der Waals surface area contributed by atoms with Crippen LogP contribution in [-0.2, 0) is 6.42 Å². The highest BCUT2D eigenvalue weighted by molar-refractivity contribution is 5.85. The Kier molecular flexibility index (Phi) is 3.62. The summed E-state index contributed by atoms with van der Waals surface area (Å²) in [5.41, 5.74) is 7.78. The molecule has 1 aromatic carbocycles. The standard InChI is InChI=1S/C13H16N4O/c1-10-9-12(14)17(15-10)13(16-18)8-7-11-5-3-2-4-6-11/h2-6,9,18H,7-8,14H2,1H3/b16-13-. The van der Waals surface area contributed by atoms with Crippen LogP contribution in [0.5, 0.6) is 0 Å². The highest BCUT2D eigenvalue weighted by Crippen LogP contribution is 2.09. The lowest BCUT2D eigenvalue weighted by atomic mass is 10.1. The molecule has 0 aliphatic rings. The van der Waals surface area contributed by atoms with Gasteiger partial charge in [-0.15, -0.1) is 0 Å². The second-order valence-corrected chi connectivity index (χ2v) is 4.12. The van der Waals surface area contributed by atoms with Gasteiger partial charge in [0.05, 0.1) is 5.69 Å². The molecule has 0 atom stereocenters. The van der Waals surface area contributed by atoms with Crippen molar-refractivity contribution in [3.63, 3.8) is 0 Å². The highest BCUT2D eigenvalue weighted by Gasteiger charge is 2.09. The number of nitrogen functional groups attached to an aromatic ring is 1. The molecule has 0 aliphatic carbocycles. The molecule has 0 unspecified atom stereocenters. The van der Waals surface area contributed by atoms with Crippen LogP contribution in [0.2, 0.25) is 0 Å². The molecule has 0 amide bonds. The Bertz CT molecular complexity index is 545. The second-order valence-electron chi connectivity index (χ2n) is 4.12. The quantitative estimate of drug-likeness (QED) is 0.375. The number of benzene rings is 1. The van der Waals surface area contributed by atoms with Crippen molar-refractivity contribution in [3.8, 4) is 0 Å². The molecular formula is C13H16N4O. The molecule has 1 aromatic heterocycles. The van der Waals surface area contributed by atoms with Crippen LogP contribution in [0.3, 0.4) is 0 Å². The predicted octanol–water partition coefficient (Wildman–Crippen LogP) is 2.04. The number of aromatic nitrogens is 2. The molecule has 5 nitrogen and oxygen atoms in total. The van der Waals surface area contributed by atoms with E-state index in [4.69, 9.17) is 10.9 Å². The smallest absolute Gasteiger partial charge is 0.171 e. The van der Waals surface area contributed by atoms with Gasteiger partial charge in [-0.1, -0.05) is 35.5 Å². The maximum absolute atomic E-state index is 9.06. The lowest BCUT2D eigenvalue weighted by Crippen LogP contribution is -2.17. The molecule has 0 radical (unpaired) electrons. The monoisotopic (exact) mass is 244 g/mol. The fourth-order valence-electron chi connectivity index (χ4n) is 1.83. The van der Waals surface area contributed by atoms with Gasteiger partial charge in [0.1, 0.15) is 5.82 Å². The average molecular weight is 244 g/mol. The van der Waals surface area contributed by atoms with Gasteiger partial charge in [0.15, 0.2) is 5.84 Å². The Morgan fingerprint density at radius 3 is 2.67 bits per heavy atom. The molecule has 0 aliphatic heterocycles. The van der Waals surface area contributed by atoms with E-state index in [9.17, 15) is 0 Å². The summed E-state index contributed by atoms with van der Waals surface area (Å²) >= 11 is 0. The van der Waals surface area contributed by atoms with E-state index in [0.717, 1.165) is 12.1 Å². The van der Waals surface area contributed by atoms with E-state index in [2.05, 4.69) is 10.3 Å². The first-order valence-corrected chi connectivity index (χ1v) is 5.78. The molecule has 0 fully saturated rings. The number of nitrogens with zero attached hydrogens (tertiary/aromatic N) is 3. The van der Waals surface area contributed by atoms with Crippen LogP contribution in [0, 0.1) is 6.92 Å². The molecule has 0 spiro atoms. The summed E-state index contributed by atoms with van der Waals surface area (Å²) in [6, 6.07) is 11.8. The van der Waals surface area contributed by atoms with Crippen molar-refractivity contribution in [2.45, 2.75) is 19.8 Å². The topological polar surface area (TPSA) is 76.4 Å². The third-order valence-electron chi connectivity index (χ3n) is 2.70. The van der Waals surface area contributed by atoms with Gasteiger partial charge in [-0.2, -0.15) is 9.78 Å². The van der Waals surface area contributed by atoms with Crippen molar-refractivity contribution < 1.29 is 5.21 Å². The zero-order valence-corrected chi connectivity index (χ0v) is 10.2. The van der Waals surface area contributed by atoms with Gasteiger partial charge in [-0.05, 0) is 18.9 Å². The first-order valence-electron chi connectivity index (χ1n) is 5.78. The van der Waals surface area contributed by atoms with Crippen LogP contribution in [0.1, 0.15) is 17.7 Å². The van der Waals surface area contributed by atoms with Crippen LogP contribution < -0.4 is 5.73 Å². The average Bonchev–Trinajstić information content (AvgIpc) is 2.71. The summed E-state index contributed by atoms with van der Waals surface area (Å²) < 4.78 is 1.47. The highest BCUT2D eigenvalue weighted by atomic mass is 16.4. The fraction of sp³-hybridized carbons (Fsp3) is 0.231. The Hall–Kier alpha value is -2.30. The number of aryl methyl sites for hydroxylation is 2. The van der Waals surface area contributed by atoms with Gasteiger partial charge in [-0.3, -0.25) is 0 Å². The molecule has 0 saturated carbocycles. The summed E-state index contributed by atoms with van der Waals surface area (Å²) in [6.45, 7) is 1.85. The minimum atomic E-state index is 0.449. The van der Waals surface area contributed by atoms with Crippen molar-refractivity contribution >= 4 is 11.7 Å². The summed E-state index contributed by atoms with van der Waals surface area (Å²) in [5, 5.41) is 16.5. The molecule has 0 saturated heterocycles. The summed E-state index contributed by atoms with van der Waals surface area (Å²) in [4.78, 5) is 0. The minimum absolute atomic E-state index is 0.449. The lowest BCUT2D eigenvalue weighted by Gasteiger charge is -2.06. The van der Waals surface area contributed by atoms with Crippen LogP contribution in [0.25, 0.3) is 0 Å². The van der Waals surface area contributed by atoms with Crippen LogP contribution >= 0.6 is 0 Å². The van der Waals surface area contributed by atoms with E-state index >= 15 is 0 Å². The van der Waals surface area contributed by atoms with E-state index in [1.165, 1.54) is 10.2 Å². The number of nitrogens with two attached hydrogens (primary N) is 1. The van der Waals surface area contributed by atoms with E-state index < -0.39 is 0 Å². The molecular weight excluding hydrogens is 228 g/mol. The maximum atomic E-state index is 9.06. The maximum Gasteiger partial charge on any atom is 0.171 e. The molecule has 18 heavy (non-hydrogen) atoms. The number of anilines is 1. The number of hydrogen-bond donors (Lipinski definition) is 2. The van der Waals surface area contributed by atoms with Crippen molar-refractivity contribution in [2.75, 3.05) is 5.73 Å². The first-order chi connectivity index (χ1) is 8.70. The normalized spacial score (nSPS) is 11.7. The summed E-state index contributed by atoms with van der Waals surface area (Å²) in [5.74, 6) is 0.929. The molecule has 2 rings (SSSR count). The summed E-state index contributed by atoms with van der Waals surface area (Å²) in [7, 11) is 0. The van der Waals surface area contributed by atoms with E-state index in [1.54, 1.807) is 6.07 Å². The Morgan fingerprint density at radius 2 is 2.11 bits per heavy atom. The zero-order valence-electron chi connectivity index (χ0n) is 10.2. The third kappa shape index (κ3) is 2.68. The minimum Gasteiger partial charge on any atom is -0.409 e. The van der Waals surface area contributed by atoms with Gasteiger partial charge in [-0.25, -0.2) is 0 Å². The Labute approximate surface area is 106 Å². The number of rotatable bonds is 3. The van der Waals surface area contributed by atoms with Gasteiger partial charge in [0, 0.05) is 12.5 Å². The Morgan fingerprint density at radius 1 is 1.39 bits per heavy atom. The Balaban J connectivity index is 2.10. The number of hydrogen-bond acceptors (Lipinski definition) is 4. The van der Waals surface area contributed by atoms with Gasteiger partial charge in [0.2, 0.25) is 0 Å². The molecule has 2 aromatic rings. The molecule has 1 heterocycles. The van der Waals surface area contributed by atoms with Gasteiger partial charge < -0.3 is 10.9 Å². The third-order valence-corrected chi connectivity index (χ3v) is 2.70. The van der Waals surface area contributed by atoms with Gasteiger partial charge >= 0.3 is 0 Å². The summed E-state index contributed by atoms with van der Waals surface area (Å²) in [6.07, 6.45) is 1.35. The number of oxime groups is 1. The van der Waals surface area contributed by atoms with Crippen molar-refractivity contribution in [1.29, 1.82) is 0 Å². The van der Waals surface area contributed by atoms with Crippen LogP contribution in [-0.4, -0.2) is 20.8 Å². The molecule has 3 N–H and O–H groups in total. The predicted molar refractivity (Wildman–Crippen MR) is 70.8 cm³/mol. The van der Waals surface area contributed by atoms with E-state index in [1.807, 2.05) is 37.3 Å². The van der Waals surface area contributed by atoms with Crippen LogP contribution in [0.15, 0.2) is 41.6 Å². The van der Waals surface area contributed by atoms with E-state index in [0.29, 0.717) is 18.1 Å². The first kappa shape index (κ1) is 12.2.